The molecule has 3 aromatic heterocycles. The van der Waals surface area contributed by atoms with E-state index in [4.69, 9.17) is 29.3 Å². The molecule has 1 saturated heterocycles. The van der Waals surface area contributed by atoms with E-state index in [-0.39, 0.29) is 0 Å². The lowest BCUT2D eigenvalue weighted by molar-refractivity contribution is 0.123. The summed E-state index contributed by atoms with van der Waals surface area (Å²) in [4.78, 5) is 12.1. The number of hydrogen-bond acceptors (Lipinski definition) is 7. The Morgan fingerprint density at radius 3 is 2.74 bits per heavy atom. The van der Waals surface area contributed by atoms with Crippen LogP contribution in [0.1, 0.15) is 18.2 Å². The van der Waals surface area contributed by atoms with Gasteiger partial charge in [-0.15, -0.1) is 0 Å². The largest absolute Gasteiger partial charge is 0.380 e. The van der Waals surface area contributed by atoms with Gasteiger partial charge in [0.1, 0.15) is 5.52 Å². The zero-order valence-corrected chi connectivity index (χ0v) is 20.6. The van der Waals surface area contributed by atoms with Crippen LogP contribution in [-0.2, 0) is 27.4 Å². The van der Waals surface area contributed by atoms with E-state index in [1.165, 1.54) is 5.56 Å². The first-order chi connectivity index (χ1) is 17.2. The van der Waals surface area contributed by atoms with Crippen molar-refractivity contribution in [2.75, 3.05) is 51.5 Å². The van der Waals surface area contributed by atoms with Crippen LogP contribution in [0.4, 0.5) is 5.69 Å². The summed E-state index contributed by atoms with van der Waals surface area (Å²) in [5, 5.41) is 4.97. The van der Waals surface area contributed by atoms with E-state index in [9.17, 15) is 0 Å². The van der Waals surface area contributed by atoms with Gasteiger partial charge in [0.05, 0.1) is 49.8 Å². The number of morpholine rings is 1. The topological polar surface area (TPSA) is 79.5 Å². The van der Waals surface area contributed by atoms with Crippen molar-refractivity contribution in [3.8, 4) is 17.1 Å². The van der Waals surface area contributed by atoms with Crippen LogP contribution in [0.25, 0.3) is 28.2 Å². The minimum absolute atomic E-state index is 0.426. The molecule has 184 valence electrons. The second-order valence-corrected chi connectivity index (χ2v) is 8.64. The number of fused-ring (bicyclic) bond motifs is 1. The Morgan fingerprint density at radius 2 is 1.97 bits per heavy atom. The van der Waals surface area contributed by atoms with Gasteiger partial charge in [0, 0.05) is 45.0 Å². The first-order valence-corrected chi connectivity index (χ1v) is 12.1. The number of ether oxygens (including phenoxy) is 3. The fraction of sp³-hybridized carbons (Fsp3) is 0.423. The Kier molecular flexibility index (Phi) is 7.08. The molecule has 4 heterocycles. The zero-order chi connectivity index (χ0) is 24.2. The molecular formula is C26H32N6O3. The highest BCUT2D eigenvalue weighted by Gasteiger charge is 2.21. The van der Waals surface area contributed by atoms with Crippen LogP contribution >= 0.6 is 0 Å². The minimum atomic E-state index is 0.426. The van der Waals surface area contributed by atoms with Gasteiger partial charge in [0.15, 0.2) is 11.5 Å². The van der Waals surface area contributed by atoms with Gasteiger partial charge in [-0.3, -0.25) is 0 Å². The molecule has 35 heavy (non-hydrogen) atoms. The molecule has 9 heteroatoms. The highest BCUT2D eigenvalue weighted by Crippen LogP contribution is 2.30. The van der Waals surface area contributed by atoms with Crippen LogP contribution < -0.4 is 4.90 Å². The fourth-order valence-electron chi connectivity index (χ4n) is 4.44. The standard InChI is InChI=1S/C26H32N6O3/c1-4-34-11-10-31-18-27-25-23(30-8-12-35-13-9-30)16-24(28-26(25)31)32-21(17-33-3)15-22(29-32)20-7-5-6-19(2)14-20/h5-7,14-16,18H,4,8-13,17H2,1-3H3. The number of rotatable bonds is 9. The molecule has 1 fully saturated rings. The van der Waals surface area contributed by atoms with Crippen LogP contribution in [-0.4, -0.2) is 70.9 Å². The lowest BCUT2D eigenvalue weighted by atomic mass is 10.1. The molecule has 4 aromatic rings. The summed E-state index contributed by atoms with van der Waals surface area (Å²) in [6, 6.07) is 12.5. The average molecular weight is 477 g/mol. The Labute approximate surface area is 205 Å². The zero-order valence-electron chi connectivity index (χ0n) is 20.6. The maximum absolute atomic E-state index is 5.60. The molecule has 0 atom stereocenters. The summed E-state index contributed by atoms with van der Waals surface area (Å²) in [5.41, 5.74) is 6.82. The molecule has 0 spiro atoms. The molecule has 0 radical (unpaired) electrons. The molecule has 1 aliphatic rings. The Balaban J connectivity index is 1.64. The van der Waals surface area contributed by atoms with Gasteiger partial charge in [-0.25, -0.2) is 14.6 Å². The van der Waals surface area contributed by atoms with E-state index in [1.54, 1.807) is 7.11 Å². The van der Waals surface area contributed by atoms with E-state index in [2.05, 4.69) is 52.8 Å². The van der Waals surface area contributed by atoms with Crippen molar-refractivity contribution in [2.24, 2.45) is 0 Å². The first kappa shape index (κ1) is 23.5. The van der Waals surface area contributed by atoms with Crippen molar-refractivity contribution >= 4 is 16.9 Å². The number of benzene rings is 1. The fourth-order valence-corrected chi connectivity index (χ4v) is 4.44. The lowest BCUT2D eigenvalue weighted by Gasteiger charge is -2.29. The third-order valence-corrected chi connectivity index (χ3v) is 6.18. The molecule has 0 N–H and O–H groups in total. The number of pyridine rings is 1. The average Bonchev–Trinajstić information content (AvgIpc) is 3.49. The van der Waals surface area contributed by atoms with Gasteiger partial charge in [0.2, 0.25) is 0 Å². The predicted molar refractivity (Wildman–Crippen MR) is 135 cm³/mol. The SMILES string of the molecule is CCOCCn1cnc2c(N3CCOCC3)cc(-n3nc(-c4cccc(C)c4)cc3COC)nc21. The summed E-state index contributed by atoms with van der Waals surface area (Å²) in [6.07, 6.45) is 1.85. The summed E-state index contributed by atoms with van der Waals surface area (Å²) in [6.45, 7) is 9.48. The third-order valence-electron chi connectivity index (χ3n) is 6.18. The first-order valence-electron chi connectivity index (χ1n) is 12.1. The van der Waals surface area contributed by atoms with Crippen LogP contribution in [0.5, 0.6) is 0 Å². The molecular weight excluding hydrogens is 444 g/mol. The quantitative estimate of drug-likeness (QED) is 0.342. The summed E-state index contributed by atoms with van der Waals surface area (Å²) >= 11 is 0. The van der Waals surface area contributed by atoms with Crippen LogP contribution in [0.3, 0.4) is 0 Å². The van der Waals surface area contributed by atoms with Crippen LogP contribution in [0.15, 0.2) is 42.7 Å². The van der Waals surface area contributed by atoms with Crippen LogP contribution in [0, 0.1) is 6.92 Å². The van der Waals surface area contributed by atoms with E-state index in [0.29, 0.717) is 39.6 Å². The summed E-state index contributed by atoms with van der Waals surface area (Å²) in [7, 11) is 1.70. The van der Waals surface area contributed by atoms with Gasteiger partial charge >= 0.3 is 0 Å². The van der Waals surface area contributed by atoms with Gasteiger partial charge < -0.3 is 23.7 Å². The maximum atomic E-state index is 5.60. The third kappa shape index (κ3) is 4.93. The van der Waals surface area contributed by atoms with E-state index in [0.717, 1.165) is 52.7 Å². The predicted octanol–water partition coefficient (Wildman–Crippen LogP) is 3.61. The smallest absolute Gasteiger partial charge is 0.164 e. The molecule has 0 amide bonds. The van der Waals surface area contributed by atoms with E-state index < -0.39 is 0 Å². The molecule has 0 saturated carbocycles. The van der Waals surface area contributed by atoms with Crippen molar-refractivity contribution in [3.05, 3.63) is 54.0 Å². The number of imidazole rings is 1. The minimum Gasteiger partial charge on any atom is -0.380 e. The molecule has 5 rings (SSSR count). The summed E-state index contributed by atoms with van der Waals surface area (Å²) in [5.74, 6) is 0.739. The number of anilines is 1. The molecule has 0 bridgehead atoms. The Hall–Kier alpha value is -3.27. The number of nitrogens with zero attached hydrogens (tertiary/aromatic N) is 6. The van der Waals surface area contributed by atoms with Gasteiger partial charge in [-0.05, 0) is 26.0 Å². The van der Waals surface area contributed by atoms with Gasteiger partial charge in [0.25, 0.3) is 0 Å². The molecule has 1 aromatic carbocycles. The second-order valence-electron chi connectivity index (χ2n) is 8.64. The van der Waals surface area contributed by atoms with E-state index in [1.807, 2.05) is 17.9 Å². The van der Waals surface area contributed by atoms with Crippen molar-refractivity contribution in [1.82, 2.24) is 24.3 Å². The van der Waals surface area contributed by atoms with Gasteiger partial charge in [-0.2, -0.15) is 5.10 Å². The number of aromatic nitrogens is 5. The normalized spacial score (nSPS) is 14.2. The monoisotopic (exact) mass is 476 g/mol. The Morgan fingerprint density at radius 1 is 1.11 bits per heavy atom. The lowest BCUT2D eigenvalue weighted by Crippen LogP contribution is -2.36. The van der Waals surface area contributed by atoms with Gasteiger partial charge in [-0.1, -0.05) is 23.8 Å². The van der Waals surface area contributed by atoms with Crippen LogP contribution in [0.2, 0.25) is 0 Å². The van der Waals surface area contributed by atoms with Crippen molar-refractivity contribution in [3.63, 3.8) is 0 Å². The number of hydrogen-bond donors (Lipinski definition) is 0. The van der Waals surface area contributed by atoms with E-state index >= 15 is 0 Å². The Bertz CT molecular complexity index is 1290. The molecule has 1 aliphatic heterocycles. The molecule has 9 nitrogen and oxygen atoms in total. The number of methoxy groups -OCH3 is 1. The highest BCUT2D eigenvalue weighted by molar-refractivity contribution is 5.87. The molecule has 0 unspecified atom stereocenters. The molecule has 0 aliphatic carbocycles. The van der Waals surface area contributed by atoms with Crippen molar-refractivity contribution in [1.29, 1.82) is 0 Å². The number of aryl methyl sites for hydroxylation is 1. The highest BCUT2D eigenvalue weighted by atomic mass is 16.5. The van der Waals surface area contributed by atoms with Crippen molar-refractivity contribution in [2.45, 2.75) is 27.0 Å². The van der Waals surface area contributed by atoms with Crippen molar-refractivity contribution < 1.29 is 14.2 Å². The maximum Gasteiger partial charge on any atom is 0.164 e. The second kappa shape index (κ2) is 10.6. The summed E-state index contributed by atoms with van der Waals surface area (Å²) < 4.78 is 20.7.